The molecule has 0 aliphatic carbocycles. The van der Waals surface area contributed by atoms with Crippen molar-refractivity contribution in [1.82, 2.24) is 15.3 Å². The van der Waals surface area contributed by atoms with Crippen molar-refractivity contribution >= 4 is 20.7 Å². The van der Waals surface area contributed by atoms with Gasteiger partial charge in [0, 0.05) is 0 Å². The van der Waals surface area contributed by atoms with Crippen molar-refractivity contribution in [2.75, 3.05) is 13.1 Å². The molecular weight excluding hydrogens is 303 g/mol. The van der Waals surface area contributed by atoms with Gasteiger partial charge in [-0.15, -0.1) is 0 Å². The Morgan fingerprint density at radius 3 is 2.68 bits per heavy atom. The number of nitrogens with one attached hydrogen (secondary N) is 1. The van der Waals surface area contributed by atoms with E-state index in [1.165, 1.54) is 25.7 Å². The van der Waals surface area contributed by atoms with Crippen LogP contribution in [0, 0.1) is 0 Å². The first-order valence-electron chi connectivity index (χ1n) is 6.93. The van der Waals surface area contributed by atoms with E-state index in [1.54, 1.807) is 0 Å². The van der Waals surface area contributed by atoms with E-state index in [-0.39, 0.29) is 6.04 Å². The molecule has 103 valence electrons. The summed E-state index contributed by atoms with van der Waals surface area (Å²) in [5.74, 6) is 0. The number of amidine groups is 1. The fourth-order valence-corrected chi connectivity index (χ4v) is 2.68. The summed E-state index contributed by atoms with van der Waals surface area (Å²) in [7, 11) is 0. The number of aromatic nitrogens is 1. The first kappa shape index (κ1) is 14.4. The minimum absolute atomic E-state index is 0.122. The second-order valence-corrected chi connectivity index (χ2v) is 5.67. The number of hydrogen-bond acceptors (Lipinski definition) is 3. The molecule has 0 amide bonds. The number of pyridine rings is 1. The molecule has 1 aromatic rings. The van der Waals surface area contributed by atoms with Crippen molar-refractivity contribution < 1.29 is 0 Å². The Kier molecular flexibility index (Phi) is 5.67. The van der Waals surface area contributed by atoms with E-state index < -0.39 is 0 Å². The average Bonchev–Trinajstić information content (AvgIpc) is 2.74. The van der Waals surface area contributed by atoms with Crippen LogP contribution in [0.1, 0.15) is 44.3 Å². The van der Waals surface area contributed by atoms with Crippen LogP contribution in [0.5, 0.6) is 0 Å². The van der Waals surface area contributed by atoms with Gasteiger partial charge in [0.1, 0.15) is 0 Å². The number of rotatable bonds is 3. The van der Waals surface area contributed by atoms with Crippen molar-refractivity contribution in [3.8, 4) is 0 Å². The number of nitrogens with zero attached hydrogens (tertiary/aromatic N) is 3. The molecule has 19 heavy (non-hydrogen) atoms. The molecule has 0 spiro atoms. The van der Waals surface area contributed by atoms with Crippen molar-refractivity contribution in [2.45, 2.75) is 38.6 Å². The van der Waals surface area contributed by atoms with Crippen LogP contribution in [0.25, 0.3) is 0 Å². The van der Waals surface area contributed by atoms with Gasteiger partial charge in [-0.3, -0.25) is 0 Å². The molecule has 5 heteroatoms. The Bertz CT molecular complexity index is 399. The van der Waals surface area contributed by atoms with E-state index in [1.807, 2.05) is 24.4 Å². The van der Waals surface area contributed by atoms with Crippen LogP contribution in [0.4, 0.5) is 0 Å². The van der Waals surface area contributed by atoms with E-state index in [4.69, 9.17) is 0 Å². The molecule has 2 heterocycles. The van der Waals surface area contributed by atoms with Gasteiger partial charge in [0.25, 0.3) is 0 Å². The molecule has 2 rings (SSSR count). The van der Waals surface area contributed by atoms with Crippen LogP contribution in [0.15, 0.2) is 29.5 Å². The molecule has 0 bridgehead atoms. The predicted octanol–water partition coefficient (Wildman–Crippen LogP) is 2.05. The fraction of sp³-hybridized carbons (Fsp3) is 0.571. The van der Waals surface area contributed by atoms with E-state index in [0.717, 1.165) is 23.5 Å². The third-order valence-electron chi connectivity index (χ3n) is 3.36. The van der Waals surface area contributed by atoms with Crippen LogP contribution < -0.4 is 5.43 Å². The molecular formula is C14H21N4Se. The Labute approximate surface area is 123 Å². The van der Waals surface area contributed by atoms with Gasteiger partial charge in [-0.25, -0.2) is 0 Å². The molecule has 0 saturated carbocycles. The summed E-state index contributed by atoms with van der Waals surface area (Å²) in [6.45, 7) is 4.28. The van der Waals surface area contributed by atoms with E-state index >= 15 is 0 Å². The summed E-state index contributed by atoms with van der Waals surface area (Å²) in [5, 5.41) is 4.46. The van der Waals surface area contributed by atoms with E-state index in [0.29, 0.717) is 0 Å². The Balaban J connectivity index is 1.90. The van der Waals surface area contributed by atoms with E-state index in [2.05, 4.69) is 43.3 Å². The maximum atomic E-state index is 4.46. The summed E-state index contributed by atoms with van der Waals surface area (Å²) in [6, 6.07) is 6.06. The van der Waals surface area contributed by atoms with Crippen molar-refractivity contribution in [3.63, 3.8) is 0 Å². The third-order valence-corrected chi connectivity index (χ3v) is 4.10. The Hall–Kier alpha value is -1.06. The molecule has 1 aliphatic rings. The third kappa shape index (κ3) is 4.51. The minimum atomic E-state index is 0.122. The molecule has 4 nitrogen and oxygen atoms in total. The first-order chi connectivity index (χ1) is 9.27. The van der Waals surface area contributed by atoms with Crippen LogP contribution in [-0.4, -0.2) is 43.7 Å². The summed E-state index contributed by atoms with van der Waals surface area (Å²) < 4.78 is 0.963. The Morgan fingerprint density at radius 2 is 2.05 bits per heavy atom. The average molecular weight is 324 g/mol. The van der Waals surface area contributed by atoms with Gasteiger partial charge >= 0.3 is 123 Å². The van der Waals surface area contributed by atoms with Crippen LogP contribution in [-0.2, 0) is 0 Å². The fourth-order valence-electron chi connectivity index (χ4n) is 2.18. The number of hydrazone groups is 1. The second-order valence-electron chi connectivity index (χ2n) is 4.90. The standard InChI is InChI=1S/C14H21N4Se/c1-12(13-8-4-5-9-15-13)16-17-14(19)18-10-6-2-3-7-11-18/h4-5,8-9,12,16H,2-3,6-7,10-11H2,1H3/b17-14-. The molecule has 1 atom stereocenters. The zero-order chi connectivity index (χ0) is 13.5. The van der Waals surface area contributed by atoms with Gasteiger partial charge in [-0.05, 0) is 0 Å². The summed E-state index contributed by atoms with van der Waals surface area (Å²) in [5.41, 5.74) is 4.18. The zero-order valence-electron chi connectivity index (χ0n) is 11.4. The van der Waals surface area contributed by atoms with Gasteiger partial charge < -0.3 is 0 Å². The maximum absolute atomic E-state index is 4.46. The molecule has 1 saturated heterocycles. The van der Waals surface area contributed by atoms with Gasteiger partial charge in [0.15, 0.2) is 0 Å². The summed E-state index contributed by atoms with van der Waals surface area (Å²) in [6.07, 6.45) is 7.00. The molecule has 1 fully saturated rings. The first-order valence-corrected chi connectivity index (χ1v) is 7.79. The summed E-state index contributed by atoms with van der Waals surface area (Å²) in [4.78, 5) is 6.65. The quantitative estimate of drug-likeness (QED) is 0.400. The predicted molar refractivity (Wildman–Crippen MR) is 79.0 cm³/mol. The molecule has 1 N–H and O–H groups in total. The zero-order valence-corrected chi connectivity index (χ0v) is 13.1. The topological polar surface area (TPSA) is 40.5 Å². The van der Waals surface area contributed by atoms with Crippen molar-refractivity contribution in [1.29, 1.82) is 0 Å². The molecule has 1 unspecified atom stereocenters. The molecule has 1 radical (unpaired) electrons. The Morgan fingerprint density at radius 1 is 1.32 bits per heavy atom. The van der Waals surface area contributed by atoms with Gasteiger partial charge in [0.2, 0.25) is 0 Å². The summed E-state index contributed by atoms with van der Waals surface area (Å²) >= 11 is 3.07. The number of hydrogen-bond donors (Lipinski definition) is 1. The van der Waals surface area contributed by atoms with Crippen LogP contribution in [0.2, 0.25) is 0 Å². The van der Waals surface area contributed by atoms with Crippen molar-refractivity contribution in [3.05, 3.63) is 30.1 Å². The normalized spacial score (nSPS) is 18.8. The van der Waals surface area contributed by atoms with Crippen molar-refractivity contribution in [2.24, 2.45) is 5.10 Å². The van der Waals surface area contributed by atoms with Crippen LogP contribution in [0.3, 0.4) is 0 Å². The monoisotopic (exact) mass is 325 g/mol. The van der Waals surface area contributed by atoms with E-state index in [9.17, 15) is 0 Å². The molecule has 1 aromatic heterocycles. The number of likely N-dealkylation sites (tertiary alicyclic amines) is 1. The second kappa shape index (κ2) is 7.51. The van der Waals surface area contributed by atoms with Gasteiger partial charge in [-0.2, -0.15) is 0 Å². The van der Waals surface area contributed by atoms with Gasteiger partial charge in [0.05, 0.1) is 0 Å². The molecule has 1 aliphatic heterocycles. The van der Waals surface area contributed by atoms with Crippen LogP contribution >= 0.6 is 0 Å². The van der Waals surface area contributed by atoms with Gasteiger partial charge in [-0.1, -0.05) is 0 Å². The SMILES string of the molecule is CC(N/N=C(\[Se])N1CCCCCC1)c1ccccn1. The molecule has 0 aromatic carbocycles.